The van der Waals surface area contributed by atoms with Gasteiger partial charge in [0, 0.05) is 19.0 Å². The number of nitriles is 1. The van der Waals surface area contributed by atoms with Crippen LogP contribution in [0.1, 0.15) is 42.7 Å². The number of rotatable bonds is 11. The van der Waals surface area contributed by atoms with E-state index >= 15 is 0 Å². The average Bonchev–Trinajstić information content (AvgIpc) is 2.96. The summed E-state index contributed by atoms with van der Waals surface area (Å²) in [6.45, 7) is 3.97. The lowest BCUT2D eigenvalue weighted by molar-refractivity contribution is 0.193. The van der Waals surface area contributed by atoms with E-state index < -0.39 is 0 Å². The molecule has 0 aliphatic heterocycles. The molecule has 0 spiro atoms. The Morgan fingerprint density at radius 3 is 2.38 bits per heavy atom. The molecule has 1 aromatic heterocycles. The van der Waals surface area contributed by atoms with E-state index in [0.717, 1.165) is 23.1 Å². The highest BCUT2D eigenvalue weighted by molar-refractivity contribution is 5.70. The molecule has 1 atom stereocenters. The van der Waals surface area contributed by atoms with E-state index in [9.17, 15) is 10.1 Å². The van der Waals surface area contributed by atoms with Gasteiger partial charge in [-0.2, -0.15) is 15.7 Å². The number of benzene rings is 3. The quantitative estimate of drug-likeness (QED) is 0.216. The van der Waals surface area contributed by atoms with E-state index in [1.54, 1.807) is 7.05 Å². The lowest BCUT2D eigenvalue weighted by Gasteiger charge is -2.18. The van der Waals surface area contributed by atoms with Crippen LogP contribution in [0.5, 0.6) is 11.8 Å². The summed E-state index contributed by atoms with van der Waals surface area (Å²) in [6.07, 6.45) is 1.75. The van der Waals surface area contributed by atoms with Gasteiger partial charge in [0.15, 0.2) is 0 Å². The predicted octanol–water partition coefficient (Wildman–Crippen LogP) is 4.77. The maximum Gasteiger partial charge on any atom is 0.323 e. The standard InChI is InChI=1S/C31H33N5O3/c1-5-8-29-28(19-22-11-13-23(14-12-22)27-10-7-6-9-24(27)20-32)30(37)36(31(35-29)39-34-4)25-15-17-26(18-16-25)38-21(2)33-3/h6-7,9-18,21,33-34H,5,8,19H2,1-4H3. The smallest absolute Gasteiger partial charge is 0.323 e. The molecule has 0 bridgehead atoms. The highest BCUT2D eigenvalue weighted by atomic mass is 16.7. The summed E-state index contributed by atoms with van der Waals surface area (Å²) in [5, 5.41) is 12.5. The van der Waals surface area contributed by atoms with Gasteiger partial charge in [0.2, 0.25) is 0 Å². The molecule has 8 heteroatoms. The first-order valence-corrected chi connectivity index (χ1v) is 13.0. The van der Waals surface area contributed by atoms with Crippen LogP contribution in [0.2, 0.25) is 0 Å². The number of hydrogen-bond donors (Lipinski definition) is 2. The highest BCUT2D eigenvalue weighted by Gasteiger charge is 2.19. The van der Waals surface area contributed by atoms with E-state index in [2.05, 4.69) is 23.8 Å². The van der Waals surface area contributed by atoms with Crippen molar-refractivity contribution in [3.63, 3.8) is 0 Å². The van der Waals surface area contributed by atoms with Crippen molar-refractivity contribution < 1.29 is 9.57 Å². The van der Waals surface area contributed by atoms with Gasteiger partial charge in [-0.15, -0.1) is 0 Å². The molecule has 0 saturated carbocycles. The second kappa shape index (κ2) is 12.9. The molecule has 0 aliphatic carbocycles. The van der Waals surface area contributed by atoms with Crippen molar-refractivity contribution >= 4 is 0 Å². The summed E-state index contributed by atoms with van der Waals surface area (Å²) in [4.78, 5) is 24.3. The number of hydrogen-bond acceptors (Lipinski definition) is 7. The first kappa shape index (κ1) is 27.6. The molecule has 39 heavy (non-hydrogen) atoms. The van der Waals surface area contributed by atoms with Crippen molar-refractivity contribution in [2.45, 2.75) is 39.3 Å². The zero-order valence-corrected chi connectivity index (χ0v) is 22.7. The maximum atomic E-state index is 14.0. The van der Waals surface area contributed by atoms with E-state index in [4.69, 9.17) is 14.6 Å². The first-order chi connectivity index (χ1) is 19.0. The SMILES string of the molecule is CCCc1nc(ONC)n(-c2ccc(OC(C)NC)cc2)c(=O)c1Cc1ccc(-c2ccccc2C#N)cc1. The molecule has 4 aromatic rings. The molecule has 0 radical (unpaired) electrons. The normalized spacial score (nSPS) is 11.6. The Hall–Kier alpha value is -4.45. The van der Waals surface area contributed by atoms with Crippen molar-refractivity contribution in [1.82, 2.24) is 20.3 Å². The van der Waals surface area contributed by atoms with Crippen molar-refractivity contribution in [3.05, 3.63) is 106 Å². The number of nitrogens with one attached hydrogen (secondary N) is 2. The van der Waals surface area contributed by atoms with Gasteiger partial charge >= 0.3 is 6.01 Å². The van der Waals surface area contributed by atoms with Gasteiger partial charge < -0.3 is 9.57 Å². The summed E-state index contributed by atoms with van der Waals surface area (Å²) in [5.74, 6) is 0.679. The minimum absolute atomic E-state index is 0.150. The van der Waals surface area contributed by atoms with Crippen LogP contribution in [0.4, 0.5) is 0 Å². The minimum atomic E-state index is -0.185. The largest absolute Gasteiger partial charge is 0.476 e. The molecule has 8 nitrogen and oxygen atoms in total. The van der Waals surface area contributed by atoms with Gasteiger partial charge in [0.05, 0.1) is 23.0 Å². The minimum Gasteiger partial charge on any atom is -0.476 e. The first-order valence-electron chi connectivity index (χ1n) is 13.0. The fourth-order valence-corrected chi connectivity index (χ4v) is 4.36. The second-order valence-electron chi connectivity index (χ2n) is 9.09. The van der Waals surface area contributed by atoms with Gasteiger partial charge in [-0.05, 0) is 67.4 Å². The molecule has 4 rings (SSSR count). The van der Waals surface area contributed by atoms with Crippen LogP contribution in [-0.2, 0) is 12.8 Å². The molecule has 2 N–H and O–H groups in total. The topological polar surface area (TPSA) is 101 Å². The van der Waals surface area contributed by atoms with E-state index in [-0.39, 0.29) is 17.8 Å². The van der Waals surface area contributed by atoms with Crippen LogP contribution in [-0.4, -0.2) is 29.9 Å². The Bertz CT molecular complexity index is 1510. The number of nitrogens with zero attached hydrogens (tertiary/aromatic N) is 3. The molecule has 0 aliphatic rings. The van der Waals surface area contributed by atoms with Crippen molar-refractivity contribution in [2.75, 3.05) is 14.1 Å². The number of ether oxygens (including phenoxy) is 1. The number of hydroxylamine groups is 1. The third kappa shape index (κ3) is 6.34. The van der Waals surface area contributed by atoms with Gasteiger partial charge in [-0.25, -0.2) is 4.57 Å². The predicted molar refractivity (Wildman–Crippen MR) is 152 cm³/mol. The van der Waals surface area contributed by atoms with Gasteiger partial charge in [0.1, 0.15) is 12.0 Å². The van der Waals surface area contributed by atoms with Gasteiger partial charge in [-0.3, -0.25) is 10.1 Å². The summed E-state index contributed by atoms with van der Waals surface area (Å²) in [7, 11) is 3.45. The van der Waals surface area contributed by atoms with Crippen LogP contribution < -0.4 is 25.9 Å². The monoisotopic (exact) mass is 523 g/mol. The fourth-order valence-electron chi connectivity index (χ4n) is 4.36. The van der Waals surface area contributed by atoms with Crippen LogP contribution >= 0.6 is 0 Å². The molecule has 0 saturated heterocycles. The Kier molecular flexibility index (Phi) is 9.10. The Morgan fingerprint density at radius 1 is 1.03 bits per heavy atom. The van der Waals surface area contributed by atoms with Crippen molar-refractivity contribution in [3.8, 4) is 34.6 Å². The van der Waals surface area contributed by atoms with Gasteiger partial charge in [-0.1, -0.05) is 55.8 Å². The molecule has 1 unspecified atom stereocenters. The average molecular weight is 524 g/mol. The lowest BCUT2D eigenvalue weighted by Crippen LogP contribution is -2.30. The van der Waals surface area contributed by atoms with Crippen LogP contribution in [0.3, 0.4) is 0 Å². The molecule has 3 aromatic carbocycles. The summed E-state index contributed by atoms with van der Waals surface area (Å²) in [5.41, 5.74) is 7.86. The summed E-state index contributed by atoms with van der Waals surface area (Å²) < 4.78 is 7.28. The molecular formula is C31H33N5O3. The van der Waals surface area contributed by atoms with Crippen molar-refractivity contribution in [1.29, 1.82) is 5.26 Å². The molecular weight excluding hydrogens is 490 g/mol. The second-order valence-corrected chi connectivity index (χ2v) is 9.09. The highest BCUT2D eigenvalue weighted by Crippen LogP contribution is 2.25. The maximum absolute atomic E-state index is 14.0. The zero-order chi connectivity index (χ0) is 27.8. The van der Waals surface area contributed by atoms with Crippen LogP contribution in [0.15, 0.2) is 77.6 Å². The Balaban J connectivity index is 1.73. The third-order valence-electron chi connectivity index (χ3n) is 6.42. The summed E-state index contributed by atoms with van der Waals surface area (Å²) >= 11 is 0. The van der Waals surface area contributed by atoms with E-state index in [1.807, 2.05) is 86.8 Å². The Labute approximate surface area is 228 Å². The molecule has 1 heterocycles. The Morgan fingerprint density at radius 2 is 1.74 bits per heavy atom. The van der Waals surface area contributed by atoms with Gasteiger partial charge in [0.25, 0.3) is 5.56 Å². The molecule has 0 fully saturated rings. The lowest BCUT2D eigenvalue weighted by atomic mass is 9.97. The third-order valence-corrected chi connectivity index (χ3v) is 6.42. The van der Waals surface area contributed by atoms with Crippen LogP contribution in [0.25, 0.3) is 16.8 Å². The molecule has 200 valence electrons. The summed E-state index contributed by atoms with van der Waals surface area (Å²) in [6, 6.07) is 25.2. The van der Waals surface area contributed by atoms with Crippen molar-refractivity contribution in [2.24, 2.45) is 0 Å². The zero-order valence-electron chi connectivity index (χ0n) is 22.7. The number of aromatic nitrogens is 2. The fraction of sp³-hybridized carbons (Fsp3) is 0.258. The van der Waals surface area contributed by atoms with E-state index in [0.29, 0.717) is 41.1 Å². The number of aryl methyl sites for hydroxylation is 1. The van der Waals surface area contributed by atoms with E-state index in [1.165, 1.54) is 4.57 Å². The van der Waals surface area contributed by atoms with Crippen LogP contribution in [0, 0.1) is 11.3 Å². The molecule has 0 amide bonds.